The van der Waals surface area contributed by atoms with Gasteiger partial charge >= 0.3 is 0 Å². The van der Waals surface area contributed by atoms with Crippen LogP contribution in [0.25, 0.3) is 0 Å². The topological polar surface area (TPSA) is 18.5 Å². The molecular formula is C13H27ClO2. The van der Waals surface area contributed by atoms with Gasteiger partial charge in [0.05, 0.1) is 13.2 Å². The van der Waals surface area contributed by atoms with Crippen LogP contribution in [0.5, 0.6) is 0 Å². The van der Waals surface area contributed by atoms with Gasteiger partial charge in [0.15, 0.2) is 0 Å². The molecule has 0 amide bonds. The van der Waals surface area contributed by atoms with Crippen LogP contribution >= 0.6 is 11.6 Å². The van der Waals surface area contributed by atoms with E-state index in [1.165, 1.54) is 32.1 Å². The average molecular weight is 251 g/mol. The number of hydrogen-bond acceptors (Lipinski definition) is 2. The molecule has 2 nitrogen and oxygen atoms in total. The maximum Gasteiger partial charge on any atom is 0.0700 e. The molecule has 3 heteroatoms. The molecule has 16 heavy (non-hydrogen) atoms. The summed E-state index contributed by atoms with van der Waals surface area (Å²) in [5.74, 6) is 0.806. The predicted octanol–water partition coefficient (Wildman–Crippen LogP) is 4.01. The Hall–Kier alpha value is 0.210. The van der Waals surface area contributed by atoms with Crippen LogP contribution in [-0.4, -0.2) is 32.3 Å². The van der Waals surface area contributed by atoms with Gasteiger partial charge in [0, 0.05) is 19.1 Å². The third-order valence-electron chi connectivity index (χ3n) is 2.39. The number of rotatable bonds is 13. The Kier molecular flexibility index (Phi) is 15.4. The summed E-state index contributed by atoms with van der Waals surface area (Å²) in [5.41, 5.74) is 0. The van der Waals surface area contributed by atoms with Gasteiger partial charge in [-0.3, -0.25) is 0 Å². The summed E-state index contributed by atoms with van der Waals surface area (Å²) in [6, 6.07) is 0. The third kappa shape index (κ3) is 14.2. The van der Waals surface area contributed by atoms with Crippen LogP contribution < -0.4 is 0 Å². The van der Waals surface area contributed by atoms with Crippen molar-refractivity contribution in [3.05, 3.63) is 0 Å². The molecule has 0 aliphatic heterocycles. The monoisotopic (exact) mass is 250 g/mol. The quantitative estimate of drug-likeness (QED) is 0.363. The molecule has 0 rings (SSSR count). The zero-order valence-electron chi connectivity index (χ0n) is 10.7. The van der Waals surface area contributed by atoms with Gasteiger partial charge in [0.1, 0.15) is 0 Å². The van der Waals surface area contributed by atoms with E-state index in [1.807, 2.05) is 0 Å². The van der Waals surface area contributed by atoms with Gasteiger partial charge in [-0.1, -0.05) is 32.6 Å². The van der Waals surface area contributed by atoms with Gasteiger partial charge in [-0.15, -0.1) is 11.6 Å². The van der Waals surface area contributed by atoms with Gasteiger partial charge < -0.3 is 9.47 Å². The van der Waals surface area contributed by atoms with Gasteiger partial charge in [0.2, 0.25) is 0 Å². The van der Waals surface area contributed by atoms with Crippen molar-refractivity contribution in [3.63, 3.8) is 0 Å². The molecule has 0 unspecified atom stereocenters. The van der Waals surface area contributed by atoms with Crippen LogP contribution in [-0.2, 0) is 9.47 Å². The first-order valence-electron chi connectivity index (χ1n) is 6.63. The maximum atomic E-state index is 5.60. The predicted molar refractivity (Wildman–Crippen MR) is 70.4 cm³/mol. The highest BCUT2D eigenvalue weighted by Gasteiger charge is 1.92. The van der Waals surface area contributed by atoms with Gasteiger partial charge in [-0.05, 0) is 19.3 Å². The van der Waals surface area contributed by atoms with E-state index in [2.05, 4.69) is 6.92 Å². The molecule has 0 aliphatic carbocycles. The van der Waals surface area contributed by atoms with E-state index in [4.69, 9.17) is 21.1 Å². The van der Waals surface area contributed by atoms with E-state index < -0.39 is 0 Å². The SMILES string of the molecule is CCCOCCOCCCCCCCCCl. The summed E-state index contributed by atoms with van der Waals surface area (Å²) in [7, 11) is 0. The molecular weight excluding hydrogens is 224 g/mol. The van der Waals surface area contributed by atoms with Gasteiger partial charge in [0.25, 0.3) is 0 Å². The van der Waals surface area contributed by atoms with Crippen molar-refractivity contribution in [2.75, 3.05) is 32.3 Å². The van der Waals surface area contributed by atoms with E-state index in [1.54, 1.807) is 0 Å². The Balaban J connectivity index is 2.83. The minimum Gasteiger partial charge on any atom is -0.379 e. The van der Waals surface area contributed by atoms with Crippen molar-refractivity contribution >= 4 is 11.6 Å². The second-order valence-electron chi connectivity index (χ2n) is 4.04. The Morgan fingerprint density at radius 1 is 0.688 bits per heavy atom. The highest BCUT2D eigenvalue weighted by Crippen LogP contribution is 2.05. The minimum absolute atomic E-state index is 0.740. The molecule has 0 saturated heterocycles. The zero-order chi connectivity index (χ0) is 11.9. The summed E-state index contributed by atoms with van der Waals surface area (Å²) >= 11 is 5.60. The summed E-state index contributed by atoms with van der Waals surface area (Å²) in [6.07, 6.45) is 8.59. The number of hydrogen-bond donors (Lipinski definition) is 0. The zero-order valence-corrected chi connectivity index (χ0v) is 11.4. The van der Waals surface area contributed by atoms with Crippen molar-refractivity contribution < 1.29 is 9.47 Å². The van der Waals surface area contributed by atoms with Crippen molar-refractivity contribution in [1.29, 1.82) is 0 Å². The summed E-state index contributed by atoms with van der Waals surface area (Å²) in [6.45, 7) is 5.33. The Morgan fingerprint density at radius 2 is 1.25 bits per heavy atom. The van der Waals surface area contributed by atoms with E-state index in [0.29, 0.717) is 0 Å². The maximum absolute atomic E-state index is 5.60. The fraction of sp³-hybridized carbons (Fsp3) is 1.00. The highest BCUT2D eigenvalue weighted by atomic mass is 35.5. The standard InChI is InChI=1S/C13H27ClO2/c1-2-10-15-12-13-16-11-8-6-4-3-5-7-9-14/h2-13H2,1H3. The Labute approximate surface area is 106 Å². The average Bonchev–Trinajstić information content (AvgIpc) is 2.31. The smallest absolute Gasteiger partial charge is 0.0700 e. The number of alkyl halides is 1. The first kappa shape index (κ1) is 16.2. The molecule has 0 aromatic rings. The Morgan fingerprint density at radius 3 is 1.88 bits per heavy atom. The lowest BCUT2D eigenvalue weighted by molar-refractivity contribution is 0.0465. The lowest BCUT2D eigenvalue weighted by Gasteiger charge is -2.04. The van der Waals surface area contributed by atoms with E-state index in [9.17, 15) is 0 Å². The Bertz CT molecular complexity index is 107. The summed E-state index contributed by atoms with van der Waals surface area (Å²) in [4.78, 5) is 0. The van der Waals surface area contributed by atoms with E-state index in [-0.39, 0.29) is 0 Å². The van der Waals surface area contributed by atoms with Crippen LogP contribution in [0.4, 0.5) is 0 Å². The lowest BCUT2D eigenvalue weighted by atomic mass is 10.1. The van der Waals surface area contributed by atoms with E-state index in [0.717, 1.165) is 45.1 Å². The molecule has 0 saturated carbocycles. The van der Waals surface area contributed by atoms with Crippen molar-refractivity contribution in [2.45, 2.75) is 51.9 Å². The molecule has 0 N–H and O–H groups in total. The fourth-order valence-electron chi connectivity index (χ4n) is 1.47. The highest BCUT2D eigenvalue weighted by molar-refractivity contribution is 6.17. The minimum atomic E-state index is 0.740. The van der Waals surface area contributed by atoms with Gasteiger partial charge in [-0.25, -0.2) is 0 Å². The molecule has 0 atom stereocenters. The first-order chi connectivity index (χ1) is 7.91. The number of halogens is 1. The van der Waals surface area contributed by atoms with Crippen molar-refractivity contribution in [3.8, 4) is 0 Å². The van der Waals surface area contributed by atoms with Crippen LogP contribution in [0, 0.1) is 0 Å². The lowest BCUT2D eigenvalue weighted by Crippen LogP contribution is -2.05. The molecule has 0 aliphatic rings. The number of unbranched alkanes of at least 4 members (excludes halogenated alkanes) is 5. The van der Waals surface area contributed by atoms with Crippen LogP contribution in [0.1, 0.15) is 51.9 Å². The second-order valence-corrected chi connectivity index (χ2v) is 4.41. The number of ether oxygens (including phenoxy) is 2. The molecule has 0 bridgehead atoms. The largest absolute Gasteiger partial charge is 0.379 e. The van der Waals surface area contributed by atoms with Crippen molar-refractivity contribution in [2.24, 2.45) is 0 Å². The van der Waals surface area contributed by atoms with Crippen molar-refractivity contribution in [1.82, 2.24) is 0 Å². The first-order valence-corrected chi connectivity index (χ1v) is 7.16. The molecule has 0 aromatic heterocycles. The summed E-state index contributed by atoms with van der Waals surface area (Å²) in [5, 5.41) is 0. The molecule has 0 spiro atoms. The summed E-state index contributed by atoms with van der Waals surface area (Å²) < 4.78 is 10.8. The third-order valence-corrected chi connectivity index (χ3v) is 2.66. The van der Waals surface area contributed by atoms with Crippen LogP contribution in [0.3, 0.4) is 0 Å². The molecule has 0 heterocycles. The van der Waals surface area contributed by atoms with Gasteiger partial charge in [-0.2, -0.15) is 0 Å². The molecule has 0 aromatic carbocycles. The van der Waals surface area contributed by atoms with E-state index >= 15 is 0 Å². The fourth-order valence-corrected chi connectivity index (χ4v) is 1.66. The molecule has 0 fully saturated rings. The van der Waals surface area contributed by atoms with Crippen LogP contribution in [0.15, 0.2) is 0 Å². The molecule has 0 radical (unpaired) electrons. The second kappa shape index (κ2) is 15.2. The molecule has 98 valence electrons. The van der Waals surface area contributed by atoms with Crippen LogP contribution in [0.2, 0.25) is 0 Å². The normalized spacial score (nSPS) is 10.9.